The molecule has 0 radical (unpaired) electrons. The number of amides is 1. The Hall–Kier alpha value is -1.10. The lowest BCUT2D eigenvalue weighted by Gasteiger charge is -2.32. The van der Waals surface area contributed by atoms with E-state index in [1.807, 2.05) is 0 Å². The van der Waals surface area contributed by atoms with E-state index in [1.165, 1.54) is 11.8 Å². The smallest absolute Gasteiger partial charge is 0.323 e. The third-order valence-corrected chi connectivity index (χ3v) is 2.34. The predicted molar refractivity (Wildman–Crippen MR) is 48.9 cm³/mol. The Bertz CT molecular complexity index is 223. The van der Waals surface area contributed by atoms with Crippen molar-refractivity contribution in [3.63, 3.8) is 0 Å². The van der Waals surface area contributed by atoms with Gasteiger partial charge in [0.25, 0.3) is 0 Å². The molecular formula is C9H15NO4. The number of aliphatic carboxylic acids is 1. The molecule has 1 aliphatic heterocycles. The molecule has 1 fully saturated rings. The lowest BCUT2D eigenvalue weighted by atomic mass is 10.1. The van der Waals surface area contributed by atoms with E-state index in [0.717, 1.165) is 12.8 Å². The maximum absolute atomic E-state index is 11.2. The fourth-order valence-electron chi connectivity index (χ4n) is 1.64. The van der Waals surface area contributed by atoms with E-state index in [4.69, 9.17) is 9.84 Å². The van der Waals surface area contributed by atoms with Gasteiger partial charge in [0.2, 0.25) is 5.91 Å². The molecule has 0 aliphatic carbocycles. The van der Waals surface area contributed by atoms with Gasteiger partial charge >= 0.3 is 5.97 Å². The Morgan fingerprint density at radius 1 is 1.43 bits per heavy atom. The fourth-order valence-corrected chi connectivity index (χ4v) is 1.64. The van der Waals surface area contributed by atoms with Crippen LogP contribution in [0.25, 0.3) is 0 Å². The Labute approximate surface area is 82.6 Å². The van der Waals surface area contributed by atoms with Gasteiger partial charge in [0, 0.05) is 26.2 Å². The van der Waals surface area contributed by atoms with Gasteiger partial charge in [0.1, 0.15) is 6.54 Å². The molecule has 1 N–H and O–H groups in total. The molecule has 0 spiro atoms. The van der Waals surface area contributed by atoms with Crippen molar-refractivity contribution in [1.29, 1.82) is 0 Å². The van der Waals surface area contributed by atoms with Crippen molar-refractivity contribution in [3.8, 4) is 0 Å². The van der Waals surface area contributed by atoms with Gasteiger partial charge in [-0.3, -0.25) is 9.59 Å². The second-order valence-corrected chi connectivity index (χ2v) is 3.38. The van der Waals surface area contributed by atoms with Crippen molar-refractivity contribution in [3.05, 3.63) is 0 Å². The summed E-state index contributed by atoms with van der Waals surface area (Å²) in [5.74, 6) is -1.15. The third-order valence-electron chi connectivity index (χ3n) is 2.34. The lowest BCUT2D eigenvalue weighted by molar-refractivity contribution is -0.146. The van der Waals surface area contributed by atoms with Gasteiger partial charge in [-0.2, -0.15) is 0 Å². The molecule has 1 amide bonds. The average Bonchev–Trinajstić information content (AvgIpc) is 2.15. The van der Waals surface area contributed by atoms with Crippen LogP contribution in [-0.2, 0) is 14.3 Å². The Kier molecular flexibility index (Phi) is 3.88. The predicted octanol–water partition coefficient (Wildman–Crippen LogP) is 0.0985. The number of hydrogen-bond acceptors (Lipinski definition) is 3. The number of carboxylic acids is 1. The SMILES string of the molecule is CC(=O)N(CC(=O)O)C1CCOCC1. The van der Waals surface area contributed by atoms with Gasteiger partial charge in [-0.15, -0.1) is 0 Å². The normalized spacial score (nSPS) is 17.8. The van der Waals surface area contributed by atoms with Gasteiger partial charge in [0.05, 0.1) is 0 Å². The van der Waals surface area contributed by atoms with Crippen LogP contribution in [0.4, 0.5) is 0 Å². The monoisotopic (exact) mass is 201 g/mol. The zero-order valence-electron chi connectivity index (χ0n) is 8.23. The number of hydrogen-bond donors (Lipinski definition) is 1. The van der Waals surface area contributed by atoms with Crippen LogP contribution in [0.3, 0.4) is 0 Å². The van der Waals surface area contributed by atoms with Gasteiger partial charge < -0.3 is 14.7 Å². The number of nitrogens with zero attached hydrogens (tertiary/aromatic N) is 1. The molecule has 0 aromatic rings. The summed E-state index contributed by atoms with van der Waals surface area (Å²) in [6.45, 7) is 2.40. The second kappa shape index (κ2) is 4.95. The number of rotatable bonds is 3. The van der Waals surface area contributed by atoms with Gasteiger partial charge in [0.15, 0.2) is 0 Å². The van der Waals surface area contributed by atoms with Crippen LogP contribution in [0.5, 0.6) is 0 Å². The first-order valence-electron chi connectivity index (χ1n) is 4.68. The molecule has 1 rings (SSSR count). The fraction of sp³-hybridized carbons (Fsp3) is 0.778. The molecule has 1 saturated heterocycles. The molecule has 0 aromatic carbocycles. The summed E-state index contributed by atoms with van der Waals surface area (Å²) in [5.41, 5.74) is 0. The molecule has 1 aliphatic rings. The molecule has 0 aromatic heterocycles. The molecular weight excluding hydrogens is 186 g/mol. The molecule has 0 unspecified atom stereocenters. The van der Waals surface area contributed by atoms with Crippen LogP contribution < -0.4 is 0 Å². The molecule has 0 saturated carbocycles. The van der Waals surface area contributed by atoms with Crippen molar-refractivity contribution in [1.82, 2.24) is 4.90 Å². The van der Waals surface area contributed by atoms with Crippen molar-refractivity contribution in [2.75, 3.05) is 19.8 Å². The van der Waals surface area contributed by atoms with E-state index >= 15 is 0 Å². The largest absolute Gasteiger partial charge is 0.480 e. The highest BCUT2D eigenvalue weighted by molar-refractivity contribution is 5.79. The van der Waals surface area contributed by atoms with Gasteiger partial charge in [-0.05, 0) is 12.8 Å². The minimum Gasteiger partial charge on any atom is -0.480 e. The molecule has 80 valence electrons. The van der Waals surface area contributed by atoms with Crippen LogP contribution in [0, 0.1) is 0 Å². The van der Waals surface area contributed by atoms with Crippen molar-refractivity contribution in [2.24, 2.45) is 0 Å². The first kappa shape index (κ1) is 11.0. The molecule has 0 bridgehead atoms. The minimum atomic E-state index is -0.966. The van der Waals surface area contributed by atoms with E-state index < -0.39 is 5.97 Å². The highest BCUT2D eigenvalue weighted by Gasteiger charge is 2.24. The van der Waals surface area contributed by atoms with Crippen LogP contribution in [0.1, 0.15) is 19.8 Å². The van der Waals surface area contributed by atoms with E-state index in [-0.39, 0.29) is 18.5 Å². The zero-order valence-corrected chi connectivity index (χ0v) is 8.23. The standard InChI is InChI=1S/C9H15NO4/c1-7(11)10(6-9(12)13)8-2-4-14-5-3-8/h8H,2-6H2,1H3,(H,12,13). The number of carbonyl (C=O) groups is 2. The number of carbonyl (C=O) groups excluding carboxylic acids is 1. The van der Waals surface area contributed by atoms with E-state index in [2.05, 4.69) is 0 Å². The molecule has 5 heteroatoms. The summed E-state index contributed by atoms with van der Waals surface area (Å²) in [7, 11) is 0. The Balaban J connectivity index is 2.56. The first-order chi connectivity index (χ1) is 6.61. The Morgan fingerprint density at radius 3 is 2.43 bits per heavy atom. The summed E-state index contributed by atoms with van der Waals surface area (Å²) in [5, 5.41) is 8.64. The van der Waals surface area contributed by atoms with E-state index in [9.17, 15) is 9.59 Å². The third kappa shape index (κ3) is 2.99. The zero-order chi connectivity index (χ0) is 10.6. The quantitative estimate of drug-likeness (QED) is 0.703. The van der Waals surface area contributed by atoms with Gasteiger partial charge in [-0.1, -0.05) is 0 Å². The molecule has 5 nitrogen and oxygen atoms in total. The van der Waals surface area contributed by atoms with E-state index in [1.54, 1.807) is 0 Å². The Morgan fingerprint density at radius 2 is 2.00 bits per heavy atom. The summed E-state index contributed by atoms with van der Waals surface area (Å²) in [4.78, 5) is 23.1. The van der Waals surface area contributed by atoms with E-state index in [0.29, 0.717) is 13.2 Å². The highest BCUT2D eigenvalue weighted by atomic mass is 16.5. The molecule has 1 heterocycles. The van der Waals surface area contributed by atoms with Crippen LogP contribution in [-0.4, -0.2) is 47.7 Å². The first-order valence-corrected chi connectivity index (χ1v) is 4.68. The molecule has 0 atom stereocenters. The molecule has 14 heavy (non-hydrogen) atoms. The van der Waals surface area contributed by atoms with Crippen molar-refractivity contribution < 1.29 is 19.4 Å². The minimum absolute atomic E-state index is 0.0253. The second-order valence-electron chi connectivity index (χ2n) is 3.38. The maximum Gasteiger partial charge on any atom is 0.323 e. The van der Waals surface area contributed by atoms with Crippen LogP contribution >= 0.6 is 0 Å². The number of carboxylic acid groups (broad SMARTS) is 1. The average molecular weight is 201 g/mol. The van der Waals surface area contributed by atoms with Crippen LogP contribution in [0.15, 0.2) is 0 Å². The maximum atomic E-state index is 11.2. The number of ether oxygens (including phenoxy) is 1. The van der Waals surface area contributed by atoms with Crippen LogP contribution in [0.2, 0.25) is 0 Å². The van der Waals surface area contributed by atoms with Crippen molar-refractivity contribution >= 4 is 11.9 Å². The highest BCUT2D eigenvalue weighted by Crippen LogP contribution is 2.14. The topological polar surface area (TPSA) is 66.8 Å². The van der Waals surface area contributed by atoms with Crippen molar-refractivity contribution in [2.45, 2.75) is 25.8 Å². The van der Waals surface area contributed by atoms with Gasteiger partial charge in [-0.25, -0.2) is 0 Å². The summed E-state index contributed by atoms with van der Waals surface area (Å²) in [6, 6.07) is 0.0253. The summed E-state index contributed by atoms with van der Waals surface area (Å²) < 4.78 is 5.15. The summed E-state index contributed by atoms with van der Waals surface area (Å²) >= 11 is 0. The summed E-state index contributed by atoms with van der Waals surface area (Å²) in [6.07, 6.45) is 1.46. The lowest BCUT2D eigenvalue weighted by Crippen LogP contribution is -2.44.